The molecule has 12 nitrogen and oxygen atoms in total. The van der Waals surface area contributed by atoms with E-state index in [9.17, 15) is 18.4 Å². The number of fused-ring (bicyclic) bond motifs is 1. The minimum absolute atomic E-state index is 0.0773. The molecule has 16 heteroatoms. The Balaban J connectivity index is 1.66. The zero-order valence-electron chi connectivity index (χ0n) is 27.4. The van der Waals surface area contributed by atoms with Crippen LogP contribution in [0.1, 0.15) is 36.9 Å². The number of morpholine rings is 1. The maximum Gasteiger partial charge on any atom is 0.415 e. The van der Waals surface area contributed by atoms with Crippen LogP contribution in [0.2, 0.25) is 0 Å². The number of alkyl halides is 2. The van der Waals surface area contributed by atoms with Crippen molar-refractivity contribution in [1.82, 2.24) is 4.98 Å². The topological polar surface area (TPSA) is 142 Å². The second kappa shape index (κ2) is 14.1. The molecule has 1 amide bonds. The van der Waals surface area contributed by atoms with Gasteiger partial charge in [-0.25, -0.2) is 27.3 Å². The van der Waals surface area contributed by atoms with Crippen molar-refractivity contribution in [3.63, 3.8) is 0 Å². The number of amides is 1. The highest BCUT2D eigenvalue weighted by molar-refractivity contribution is 6.18. The fourth-order valence-corrected chi connectivity index (χ4v) is 5.21. The summed E-state index contributed by atoms with van der Waals surface area (Å²) >= 11 is 0. The Bertz CT molecular complexity index is 1840. The summed E-state index contributed by atoms with van der Waals surface area (Å²) in [6.07, 6.45) is -3.25. The summed E-state index contributed by atoms with van der Waals surface area (Å²) in [5.74, 6) is -6.07. The third-order valence-electron chi connectivity index (χ3n) is 7.44. The molecule has 5 rings (SSSR count). The number of nitrogens with one attached hydrogen (secondary N) is 1. The van der Waals surface area contributed by atoms with Gasteiger partial charge in [0.25, 0.3) is 6.43 Å². The van der Waals surface area contributed by atoms with Gasteiger partial charge in [0, 0.05) is 24.8 Å². The Morgan fingerprint density at radius 2 is 1.71 bits per heavy atom. The molecule has 1 saturated heterocycles. The van der Waals surface area contributed by atoms with Gasteiger partial charge in [0.2, 0.25) is 5.78 Å². The van der Waals surface area contributed by atoms with E-state index in [1.54, 1.807) is 12.1 Å². The lowest BCUT2D eigenvalue weighted by Gasteiger charge is -2.29. The molecule has 49 heavy (non-hydrogen) atoms. The number of benzene rings is 2. The number of rotatable bonds is 10. The van der Waals surface area contributed by atoms with Crippen LogP contribution in [0.4, 0.5) is 50.9 Å². The summed E-state index contributed by atoms with van der Waals surface area (Å²) in [7, 11) is 2.18. The first-order valence-electron chi connectivity index (χ1n) is 15.1. The summed E-state index contributed by atoms with van der Waals surface area (Å²) in [4.78, 5) is 34.3. The van der Waals surface area contributed by atoms with Crippen molar-refractivity contribution in [2.45, 2.75) is 32.8 Å². The van der Waals surface area contributed by atoms with E-state index in [0.717, 1.165) is 32.2 Å². The van der Waals surface area contributed by atoms with Gasteiger partial charge in [-0.3, -0.25) is 9.69 Å². The number of carbonyl (C=O) groups is 2. The van der Waals surface area contributed by atoms with Gasteiger partial charge >= 0.3 is 6.09 Å². The Morgan fingerprint density at radius 3 is 2.29 bits per heavy atom. The van der Waals surface area contributed by atoms with Gasteiger partial charge in [0.05, 0.1) is 56.9 Å². The zero-order chi connectivity index (χ0) is 35.6. The first-order valence-corrected chi connectivity index (χ1v) is 15.1. The lowest BCUT2D eigenvalue weighted by molar-refractivity contribution is 0.0543. The molecule has 0 radical (unpaired) electrons. The average molecular weight is 690 g/mol. The van der Waals surface area contributed by atoms with Gasteiger partial charge < -0.3 is 39.3 Å². The largest absolute Gasteiger partial charge is 0.494 e. The van der Waals surface area contributed by atoms with Crippen molar-refractivity contribution < 1.29 is 50.5 Å². The number of halogens is 4. The van der Waals surface area contributed by atoms with E-state index in [4.69, 9.17) is 29.1 Å². The lowest BCUT2D eigenvalue weighted by atomic mass is 10.0. The molecule has 3 heterocycles. The molecule has 2 aromatic carbocycles. The van der Waals surface area contributed by atoms with Crippen molar-refractivity contribution in [3.8, 4) is 11.5 Å². The number of carbonyl (C=O) groups excluding carboxylic acids is 2. The summed E-state index contributed by atoms with van der Waals surface area (Å²) in [5.41, 5.74) is 5.00. The number of nitrogens with zero attached hydrogens (tertiary/aromatic N) is 3. The number of aromatic nitrogens is 1. The van der Waals surface area contributed by atoms with E-state index in [1.807, 2.05) is 6.07 Å². The van der Waals surface area contributed by atoms with E-state index in [-0.39, 0.29) is 16.8 Å². The van der Waals surface area contributed by atoms with Crippen molar-refractivity contribution in [2.24, 2.45) is 0 Å². The third-order valence-corrected chi connectivity index (χ3v) is 7.44. The molecule has 3 N–H and O–H groups in total. The van der Waals surface area contributed by atoms with E-state index < -0.39 is 70.6 Å². The number of furan rings is 1. The first-order chi connectivity index (χ1) is 23.2. The predicted octanol–water partition coefficient (Wildman–Crippen LogP) is 6.52. The second-order valence-corrected chi connectivity index (χ2v) is 11.9. The average Bonchev–Trinajstić information content (AvgIpc) is 3.42. The monoisotopic (exact) mass is 689 g/mol. The molecule has 262 valence electrons. The molecule has 1 fully saturated rings. The molecule has 4 aromatic rings. The zero-order valence-corrected chi connectivity index (χ0v) is 27.4. The van der Waals surface area contributed by atoms with E-state index in [2.05, 4.69) is 15.2 Å². The maximum absolute atomic E-state index is 15.5. The van der Waals surface area contributed by atoms with Crippen molar-refractivity contribution in [3.05, 3.63) is 59.5 Å². The SMILES string of the molecule is COc1cc(OC)c(F)c(C(=O)c2oc3cnc(Nc4ccc(N5CCOCC5)cc4N)cc3c2N(CC(F)F)C(=O)OC(C)(C)C)c1F. The lowest BCUT2D eigenvalue weighted by Crippen LogP contribution is -2.40. The molecule has 1 aliphatic rings. The fraction of sp³-hybridized carbons (Fsp3) is 0.364. The summed E-state index contributed by atoms with van der Waals surface area (Å²) < 4.78 is 85.6. The van der Waals surface area contributed by atoms with Gasteiger partial charge in [-0.2, -0.15) is 0 Å². The van der Waals surface area contributed by atoms with Crippen LogP contribution in [0.25, 0.3) is 11.0 Å². The normalized spacial score (nSPS) is 13.5. The highest BCUT2D eigenvalue weighted by atomic mass is 19.3. The van der Waals surface area contributed by atoms with Crippen molar-refractivity contribution in [1.29, 1.82) is 0 Å². The van der Waals surface area contributed by atoms with E-state index in [0.29, 0.717) is 42.6 Å². The summed E-state index contributed by atoms with van der Waals surface area (Å²) in [6.45, 7) is 5.82. The van der Waals surface area contributed by atoms with Gasteiger partial charge in [0.15, 0.2) is 34.5 Å². The van der Waals surface area contributed by atoms with E-state index in [1.165, 1.54) is 26.8 Å². The number of pyridine rings is 1. The Morgan fingerprint density at radius 1 is 1.06 bits per heavy atom. The molecule has 2 aromatic heterocycles. The number of methoxy groups -OCH3 is 2. The quantitative estimate of drug-likeness (QED) is 0.107. The van der Waals surface area contributed by atoms with Gasteiger partial charge in [-0.1, -0.05) is 0 Å². The van der Waals surface area contributed by atoms with Gasteiger partial charge in [0.1, 0.15) is 22.7 Å². The summed E-state index contributed by atoms with van der Waals surface area (Å²) in [5, 5.41) is 2.97. The maximum atomic E-state index is 15.5. The highest BCUT2D eigenvalue weighted by Gasteiger charge is 2.37. The number of hydrogen-bond acceptors (Lipinski definition) is 11. The first kappa shape index (κ1) is 35.1. The molecular formula is C33H35F4N5O7. The molecule has 0 spiro atoms. The Labute approximate surface area is 278 Å². The third kappa shape index (κ3) is 7.43. The second-order valence-electron chi connectivity index (χ2n) is 11.9. The van der Waals surface area contributed by atoms with Crippen LogP contribution >= 0.6 is 0 Å². The van der Waals surface area contributed by atoms with Crippen LogP contribution in [0.5, 0.6) is 11.5 Å². The standard InChI is InChI=1S/C33H35F4N5O7/c1-33(2,3)49-32(44)42(16-24(34)35)29-18-13-25(40-20-7-6-17(12-19(20)38)41-8-10-47-11-9-41)39-15-23(18)48-31(29)30(43)26-27(36)21(45-4)14-22(46-5)28(26)37/h6-7,12-15,24H,8-11,16,38H2,1-5H3,(H,39,40). The molecule has 0 saturated carbocycles. The number of hydrogen-bond donors (Lipinski definition) is 2. The minimum Gasteiger partial charge on any atom is -0.494 e. The van der Waals surface area contributed by atoms with Crippen LogP contribution < -0.4 is 30.3 Å². The van der Waals surface area contributed by atoms with Crippen LogP contribution in [0.15, 0.2) is 40.9 Å². The van der Waals surface area contributed by atoms with Crippen LogP contribution in [0, 0.1) is 11.6 Å². The van der Waals surface area contributed by atoms with Crippen LogP contribution in [-0.4, -0.2) is 76.0 Å². The molecule has 0 unspecified atom stereocenters. The summed E-state index contributed by atoms with van der Waals surface area (Å²) in [6, 6.07) is 7.56. The van der Waals surface area contributed by atoms with Crippen molar-refractivity contribution in [2.75, 3.05) is 67.9 Å². The predicted molar refractivity (Wildman–Crippen MR) is 174 cm³/mol. The van der Waals surface area contributed by atoms with Crippen molar-refractivity contribution >= 4 is 51.4 Å². The molecule has 0 bridgehead atoms. The number of ether oxygens (including phenoxy) is 4. The molecule has 0 aliphatic carbocycles. The molecular weight excluding hydrogens is 654 g/mol. The van der Waals surface area contributed by atoms with E-state index >= 15 is 8.78 Å². The molecule has 1 aliphatic heterocycles. The smallest absolute Gasteiger partial charge is 0.415 e. The van der Waals surface area contributed by atoms with Crippen LogP contribution in [-0.2, 0) is 9.47 Å². The highest BCUT2D eigenvalue weighted by Crippen LogP contribution is 2.41. The number of ketones is 1. The van der Waals surface area contributed by atoms with Gasteiger partial charge in [-0.05, 0) is 45.0 Å². The number of anilines is 5. The van der Waals surface area contributed by atoms with Gasteiger partial charge in [-0.15, -0.1) is 0 Å². The number of nitrogens with two attached hydrogens (primary N) is 1. The minimum atomic E-state index is -3.13. The number of nitrogen functional groups attached to an aromatic ring is 1. The molecule has 0 atom stereocenters. The Hall–Kier alpha value is -5.25. The van der Waals surface area contributed by atoms with Crippen LogP contribution in [0.3, 0.4) is 0 Å². The Kier molecular flexibility index (Phi) is 10.1. The fourth-order valence-electron chi connectivity index (χ4n) is 5.21.